The van der Waals surface area contributed by atoms with Crippen LogP contribution in [0, 0.1) is 6.92 Å². The van der Waals surface area contributed by atoms with Crippen molar-refractivity contribution in [2.45, 2.75) is 13.5 Å². The lowest BCUT2D eigenvalue weighted by Gasteiger charge is -2.36. The number of aryl methyl sites for hydroxylation is 1. The van der Waals surface area contributed by atoms with Crippen LogP contribution in [0.1, 0.15) is 15.9 Å². The average Bonchev–Trinajstić information content (AvgIpc) is 2.62. The molecule has 0 spiro atoms. The summed E-state index contributed by atoms with van der Waals surface area (Å²) in [6.07, 6.45) is 4.85. The largest absolute Gasteiger partial charge is 0.417 e. The number of amides is 1. The monoisotopic (exact) mass is 348 g/mol. The number of hydrogen-bond acceptors (Lipinski definition) is 5. The molecule has 8 heteroatoms. The minimum atomic E-state index is -2.93. The summed E-state index contributed by atoms with van der Waals surface area (Å²) in [5.74, 6) is -0.373. The number of carbonyl (C=O) groups is 1. The van der Waals surface area contributed by atoms with E-state index in [4.69, 9.17) is 0 Å². The van der Waals surface area contributed by atoms with Gasteiger partial charge in [-0.05, 0) is 24.6 Å². The van der Waals surface area contributed by atoms with Gasteiger partial charge in [-0.1, -0.05) is 0 Å². The summed E-state index contributed by atoms with van der Waals surface area (Å²) < 4.78 is 28.4. The first-order valence-electron chi connectivity index (χ1n) is 7.90. The minimum Gasteiger partial charge on any atom is -0.417 e. The molecule has 3 heterocycles. The van der Waals surface area contributed by atoms with Gasteiger partial charge in [0.15, 0.2) is 0 Å². The fourth-order valence-electron chi connectivity index (χ4n) is 2.79. The molecule has 132 valence electrons. The first-order chi connectivity index (χ1) is 12.0. The summed E-state index contributed by atoms with van der Waals surface area (Å²) in [6.45, 7) is 1.66. The highest BCUT2D eigenvalue weighted by molar-refractivity contribution is 5.94. The molecule has 1 aliphatic rings. The standard InChI is InChI=1S/C17H18F2N4O2/c1-12-4-5-20-11-14(12)22-6-8-23(9-7-22)16(24)13-2-3-15(21-10-13)25-17(18)19/h2-5,10-11,17H,6-9H2,1H3. The maximum atomic E-state index is 12.5. The van der Waals surface area contributed by atoms with Gasteiger partial charge < -0.3 is 14.5 Å². The molecule has 0 aliphatic carbocycles. The van der Waals surface area contributed by atoms with E-state index in [2.05, 4.69) is 19.6 Å². The molecule has 0 saturated carbocycles. The lowest BCUT2D eigenvalue weighted by molar-refractivity contribution is -0.0528. The molecule has 2 aromatic heterocycles. The van der Waals surface area contributed by atoms with E-state index in [1.165, 1.54) is 18.3 Å². The Hall–Kier alpha value is -2.77. The van der Waals surface area contributed by atoms with Crippen LogP contribution in [0.25, 0.3) is 0 Å². The fourth-order valence-corrected chi connectivity index (χ4v) is 2.79. The molecule has 6 nitrogen and oxygen atoms in total. The number of piperazine rings is 1. The van der Waals surface area contributed by atoms with Gasteiger partial charge in [0.1, 0.15) is 0 Å². The van der Waals surface area contributed by atoms with Gasteiger partial charge in [0, 0.05) is 44.6 Å². The normalized spacial score (nSPS) is 14.7. The summed E-state index contributed by atoms with van der Waals surface area (Å²) in [7, 11) is 0. The van der Waals surface area contributed by atoms with Crippen molar-refractivity contribution in [1.29, 1.82) is 0 Å². The summed E-state index contributed by atoms with van der Waals surface area (Å²) in [6, 6.07) is 4.68. The van der Waals surface area contributed by atoms with E-state index in [1.54, 1.807) is 11.1 Å². The number of anilines is 1. The first-order valence-corrected chi connectivity index (χ1v) is 7.90. The first kappa shape index (κ1) is 17.1. The van der Waals surface area contributed by atoms with Crippen LogP contribution in [0.15, 0.2) is 36.8 Å². The summed E-state index contributed by atoms with van der Waals surface area (Å²) in [5, 5.41) is 0. The van der Waals surface area contributed by atoms with Crippen molar-refractivity contribution in [3.8, 4) is 5.88 Å². The van der Waals surface area contributed by atoms with E-state index in [9.17, 15) is 13.6 Å². The zero-order valence-electron chi connectivity index (χ0n) is 13.7. The molecule has 1 amide bonds. The number of carbonyl (C=O) groups excluding carboxylic acids is 1. The van der Waals surface area contributed by atoms with Crippen LogP contribution in [-0.2, 0) is 0 Å². The van der Waals surface area contributed by atoms with E-state index in [0.717, 1.165) is 11.3 Å². The number of nitrogens with zero attached hydrogens (tertiary/aromatic N) is 4. The lowest BCUT2D eigenvalue weighted by atomic mass is 10.2. The predicted octanol–water partition coefficient (Wildman–Crippen LogP) is 2.35. The second-order valence-electron chi connectivity index (χ2n) is 5.71. The molecule has 0 bridgehead atoms. The van der Waals surface area contributed by atoms with Gasteiger partial charge in [-0.2, -0.15) is 8.78 Å². The molecule has 1 fully saturated rings. The van der Waals surface area contributed by atoms with E-state index in [0.29, 0.717) is 31.7 Å². The minimum absolute atomic E-state index is 0.168. The Labute approximate surface area is 144 Å². The van der Waals surface area contributed by atoms with Crippen LogP contribution in [0.3, 0.4) is 0 Å². The maximum Gasteiger partial charge on any atom is 0.388 e. The Morgan fingerprint density at radius 1 is 1.16 bits per heavy atom. The van der Waals surface area contributed by atoms with Crippen molar-refractivity contribution >= 4 is 11.6 Å². The highest BCUT2D eigenvalue weighted by atomic mass is 19.3. The van der Waals surface area contributed by atoms with Gasteiger partial charge in [0.25, 0.3) is 5.91 Å². The average molecular weight is 348 g/mol. The van der Waals surface area contributed by atoms with Crippen LogP contribution < -0.4 is 9.64 Å². The van der Waals surface area contributed by atoms with Crippen LogP contribution in [0.2, 0.25) is 0 Å². The van der Waals surface area contributed by atoms with Gasteiger partial charge in [-0.3, -0.25) is 9.78 Å². The van der Waals surface area contributed by atoms with E-state index < -0.39 is 6.61 Å². The van der Waals surface area contributed by atoms with Crippen LogP contribution in [-0.4, -0.2) is 53.6 Å². The zero-order valence-corrected chi connectivity index (χ0v) is 13.7. The van der Waals surface area contributed by atoms with Crippen molar-refractivity contribution in [3.63, 3.8) is 0 Å². The molecule has 0 N–H and O–H groups in total. The van der Waals surface area contributed by atoms with Crippen molar-refractivity contribution in [3.05, 3.63) is 47.9 Å². The van der Waals surface area contributed by atoms with Gasteiger partial charge in [0.2, 0.25) is 5.88 Å². The van der Waals surface area contributed by atoms with E-state index >= 15 is 0 Å². The molecule has 0 unspecified atom stereocenters. The summed E-state index contributed by atoms with van der Waals surface area (Å²) in [5.41, 5.74) is 2.57. The van der Waals surface area contributed by atoms with Crippen molar-refractivity contribution in [2.24, 2.45) is 0 Å². The van der Waals surface area contributed by atoms with Crippen LogP contribution in [0.4, 0.5) is 14.5 Å². The second kappa shape index (κ2) is 7.42. The Kier molecular flexibility index (Phi) is 5.06. The molecule has 2 aromatic rings. The van der Waals surface area contributed by atoms with Crippen molar-refractivity contribution in [2.75, 3.05) is 31.1 Å². The van der Waals surface area contributed by atoms with Crippen LogP contribution >= 0.6 is 0 Å². The predicted molar refractivity (Wildman–Crippen MR) is 88.0 cm³/mol. The molecule has 0 aromatic carbocycles. The quantitative estimate of drug-likeness (QED) is 0.849. The fraction of sp³-hybridized carbons (Fsp3) is 0.353. The molecular formula is C17H18F2N4O2. The Morgan fingerprint density at radius 2 is 1.92 bits per heavy atom. The number of halogens is 2. The molecule has 1 saturated heterocycles. The molecule has 25 heavy (non-hydrogen) atoms. The number of aromatic nitrogens is 2. The van der Waals surface area contributed by atoms with E-state index in [1.807, 2.05) is 19.2 Å². The maximum absolute atomic E-state index is 12.5. The van der Waals surface area contributed by atoms with Gasteiger partial charge in [-0.15, -0.1) is 0 Å². The highest BCUT2D eigenvalue weighted by Crippen LogP contribution is 2.20. The third kappa shape index (κ3) is 4.01. The SMILES string of the molecule is Cc1ccncc1N1CCN(C(=O)c2ccc(OC(F)F)nc2)CC1. The van der Waals surface area contributed by atoms with E-state index in [-0.39, 0.29) is 11.8 Å². The Bertz CT molecular complexity index is 732. The number of rotatable bonds is 4. The lowest BCUT2D eigenvalue weighted by Crippen LogP contribution is -2.49. The molecule has 3 rings (SSSR count). The van der Waals surface area contributed by atoms with Crippen molar-refractivity contribution < 1.29 is 18.3 Å². The molecule has 0 atom stereocenters. The highest BCUT2D eigenvalue weighted by Gasteiger charge is 2.23. The topological polar surface area (TPSA) is 58.6 Å². The number of pyridine rings is 2. The summed E-state index contributed by atoms with van der Waals surface area (Å²) >= 11 is 0. The third-order valence-corrected chi connectivity index (χ3v) is 4.11. The third-order valence-electron chi connectivity index (χ3n) is 4.11. The van der Waals surface area contributed by atoms with Crippen molar-refractivity contribution in [1.82, 2.24) is 14.9 Å². The smallest absolute Gasteiger partial charge is 0.388 e. The second-order valence-corrected chi connectivity index (χ2v) is 5.71. The number of alkyl halides is 2. The Balaban J connectivity index is 1.61. The van der Waals surface area contributed by atoms with Gasteiger partial charge in [0.05, 0.1) is 17.4 Å². The molecule has 0 radical (unpaired) electrons. The number of ether oxygens (including phenoxy) is 1. The number of hydrogen-bond donors (Lipinski definition) is 0. The zero-order chi connectivity index (χ0) is 17.8. The van der Waals surface area contributed by atoms with Gasteiger partial charge >= 0.3 is 6.61 Å². The summed E-state index contributed by atoms with van der Waals surface area (Å²) in [4.78, 5) is 24.3. The van der Waals surface area contributed by atoms with Crippen LogP contribution in [0.5, 0.6) is 5.88 Å². The molecular weight excluding hydrogens is 330 g/mol. The Morgan fingerprint density at radius 3 is 2.52 bits per heavy atom. The molecule has 1 aliphatic heterocycles. The van der Waals surface area contributed by atoms with Gasteiger partial charge in [-0.25, -0.2) is 4.98 Å².